The first-order valence-corrected chi connectivity index (χ1v) is 13.8. The van der Waals surface area contributed by atoms with Gasteiger partial charge >= 0.3 is 0 Å². The molecule has 0 radical (unpaired) electrons. The molecule has 0 atom stereocenters. The summed E-state index contributed by atoms with van der Waals surface area (Å²) < 4.78 is 0. The summed E-state index contributed by atoms with van der Waals surface area (Å²) in [4.78, 5) is 29.4. The molecule has 0 aromatic carbocycles. The lowest BCUT2D eigenvalue weighted by atomic mass is 9.90. The highest BCUT2D eigenvalue weighted by atomic mass is 16.2. The molecule has 198 valence electrons. The van der Waals surface area contributed by atoms with Gasteiger partial charge in [-0.25, -0.2) is 0 Å². The van der Waals surface area contributed by atoms with E-state index in [4.69, 9.17) is 0 Å². The molecule has 2 aliphatic heterocycles. The van der Waals surface area contributed by atoms with E-state index in [-0.39, 0.29) is 22.9 Å². The van der Waals surface area contributed by atoms with Crippen LogP contribution in [0.25, 0.3) is 0 Å². The van der Waals surface area contributed by atoms with Crippen LogP contribution >= 0.6 is 0 Å². The number of hydrogen-bond donors (Lipinski definition) is 2. The van der Waals surface area contributed by atoms with E-state index in [1.54, 1.807) is 0 Å². The van der Waals surface area contributed by atoms with Gasteiger partial charge in [0, 0.05) is 37.3 Å². The van der Waals surface area contributed by atoms with Crippen molar-refractivity contribution in [2.75, 3.05) is 26.2 Å². The summed E-state index contributed by atoms with van der Waals surface area (Å²) in [6.07, 6.45) is 12.4. The zero-order chi connectivity index (χ0) is 25.6. The first-order valence-electron chi connectivity index (χ1n) is 13.8. The van der Waals surface area contributed by atoms with Crippen LogP contribution in [0.3, 0.4) is 0 Å². The van der Waals surface area contributed by atoms with Gasteiger partial charge in [0.05, 0.1) is 11.1 Å². The fourth-order valence-electron chi connectivity index (χ4n) is 6.15. The molecular formula is C28H54N4O2. The van der Waals surface area contributed by atoms with Crippen LogP contribution in [0.1, 0.15) is 120 Å². The average Bonchev–Trinajstić information content (AvgIpc) is 2.68. The van der Waals surface area contributed by atoms with Crippen LogP contribution < -0.4 is 10.6 Å². The summed E-state index contributed by atoms with van der Waals surface area (Å²) in [5, 5.41) is 6.94. The summed E-state index contributed by atoms with van der Waals surface area (Å²) in [6.45, 7) is 20.1. The van der Waals surface area contributed by atoms with Crippen LogP contribution in [0.15, 0.2) is 0 Å². The molecule has 0 bridgehead atoms. The van der Waals surface area contributed by atoms with Gasteiger partial charge in [-0.3, -0.25) is 20.2 Å². The zero-order valence-electron chi connectivity index (χ0n) is 23.6. The van der Waals surface area contributed by atoms with E-state index in [9.17, 15) is 9.59 Å². The van der Waals surface area contributed by atoms with E-state index in [0.29, 0.717) is 0 Å². The maximum Gasteiger partial charge on any atom is 0.242 e. The molecule has 2 fully saturated rings. The Morgan fingerprint density at radius 1 is 0.529 bits per heavy atom. The van der Waals surface area contributed by atoms with Gasteiger partial charge in [0.25, 0.3) is 0 Å². The molecule has 0 aromatic rings. The number of hydrogen-bond acceptors (Lipinski definition) is 4. The molecule has 2 N–H and O–H groups in total. The number of piperazine rings is 2. The molecule has 2 amide bonds. The quantitative estimate of drug-likeness (QED) is 0.371. The van der Waals surface area contributed by atoms with Crippen molar-refractivity contribution < 1.29 is 9.59 Å². The summed E-state index contributed by atoms with van der Waals surface area (Å²) in [5.41, 5.74) is -0.971. The SMILES string of the molecule is CC1(C)CN(CCCCCCCCCCCCN2CC(C)(C)NC(C)(C)C2=O)C(=O)C(C)(C)N1. The normalized spacial score (nSPS) is 23.4. The minimum Gasteiger partial charge on any atom is -0.339 e. The van der Waals surface area contributed by atoms with E-state index >= 15 is 0 Å². The highest BCUT2D eigenvalue weighted by Gasteiger charge is 2.43. The molecule has 0 aliphatic carbocycles. The Labute approximate surface area is 210 Å². The van der Waals surface area contributed by atoms with Crippen molar-refractivity contribution in [2.45, 2.75) is 142 Å². The molecule has 6 nitrogen and oxygen atoms in total. The Morgan fingerprint density at radius 3 is 1.09 bits per heavy atom. The maximum absolute atomic E-state index is 12.7. The molecule has 2 rings (SSSR count). The van der Waals surface area contributed by atoms with Crippen molar-refractivity contribution in [3.8, 4) is 0 Å². The van der Waals surface area contributed by atoms with E-state index in [0.717, 1.165) is 39.0 Å². The van der Waals surface area contributed by atoms with Crippen molar-refractivity contribution in [1.29, 1.82) is 0 Å². The van der Waals surface area contributed by atoms with Crippen LogP contribution in [0.2, 0.25) is 0 Å². The van der Waals surface area contributed by atoms with Gasteiger partial charge in [-0.05, 0) is 68.2 Å². The number of nitrogens with one attached hydrogen (secondary N) is 2. The fourth-order valence-corrected chi connectivity index (χ4v) is 6.15. The van der Waals surface area contributed by atoms with Crippen LogP contribution in [-0.2, 0) is 9.59 Å². The van der Waals surface area contributed by atoms with Crippen molar-refractivity contribution >= 4 is 11.8 Å². The van der Waals surface area contributed by atoms with E-state index in [1.165, 1.54) is 51.4 Å². The van der Waals surface area contributed by atoms with Gasteiger partial charge in [0.1, 0.15) is 0 Å². The van der Waals surface area contributed by atoms with Gasteiger partial charge in [-0.1, -0.05) is 51.4 Å². The largest absolute Gasteiger partial charge is 0.339 e. The average molecular weight is 479 g/mol. The second kappa shape index (κ2) is 11.7. The van der Waals surface area contributed by atoms with Gasteiger partial charge < -0.3 is 9.80 Å². The van der Waals surface area contributed by atoms with E-state index in [1.807, 2.05) is 27.7 Å². The predicted octanol–water partition coefficient (Wildman–Crippen LogP) is 4.87. The third-order valence-electron chi connectivity index (χ3n) is 7.22. The maximum atomic E-state index is 12.7. The molecule has 0 unspecified atom stereocenters. The number of carbonyl (C=O) groups is 2. The summed E-state index contributed by atoms with van der Waals surface area (Å²) in [7, 11) is 0. The second-order valence-electron chi connectivity index (χ2n) is 13.3. The Hall–Kier alpha value is -1.14. The van der Waals surface area contributed by atoms with Crippen LogP contribution in [0.5, 0.6) is 0 Å². The van der Waals surface area contributed by atoms with Crippen molar-refractivity contribution in [1.82, 2.24) is 20.4 Å². The predicted molar refractivity (Wildman–Crippen MR) is 142 cm³/mol. The number of rotatable bonds is 13. The monoisotopic (exact) mass is 478 g/mol. The summed E-state index contributed by atoms with van der Waals surface area (Å²) in [6, 6.07) is 0. The third-order valence-corrected chi connectivity index (χ3v) is 7.22. The Morgan fingerprint density at radius 2 is 0.794 bits per heavy atom. The Balaban J connectivity index is 1.48. The third kappa shape index (κ3) is 8.82. The molecule has 2 heterocycles. The van der Waals surface area contributed by atoms with Crippen molar-refractivity contribution in [3.05, 3.63) is 0 Å². The van der Waals surface area contributed by atoms with Gasteiger partial charge in [0.15, 0.2) is 0 Å². The number of carbonyl (C=O) groups excluding carboxylic acids is 2. The lowest BCUT2D eigenvalue weighted by molar-refractivity contribution is -0.144. The smallest absolute Gasteiger partial charge is 0.242 e. The highest BCUT2D eigenvalue weighted by molar-refractivity contribution is 5.87. The number of nitrogens with zero attached hydrogens (tertiary/aromatic N) is 2. The summed E-state index contributed by atoms with van der Waals surface area (Å²) >= 11 is 0. The van der Waals surface area contributed by atoms with E-state index in [2.05, 4.69) is 48.1 Å². The highest BCUT2D eigenvalue weighted by Crippen LogP contribution is 2.24. The Bertz CT molecular complexity index is 626. The van der Waals surface area contributed by atoms with Crippen LogP contribution in [0.4, 0.5) is 0 Å². The molecular weight excluding hydrogens is 424 g/mol. The van der Waals surface area contributed by atoms with Gasteiger partial charge in [-0.2, -0.15) is 0 Å². The summed E-state index contributed by atoms with van der Waals surface area (Å²) in [5.74, 6) is 0.473. The first-order chi connectivity index (χ1) is 15.7. The number of unbranched alkanes of at least 4 members (excludes halogenated alkanes) is 9. The molecule has 2 saturated heterocycles. The van der Waals surface area contributed by atoms with Gasteiger partial charge in [-0.15, -0.1) is 0 Å². The van der Waals surface area contributed by atoms with E-state index < -0.39 is 11.1 Å². The first kappa shape index (κ1) is 29.1. The fraction of sp³-hybridized carbons (Fsp3) is 0.929. The lowest BCUT2D eigenvalue weighted by Crippen LogP contribution is -2.69. The lowest BCUT2D eigenvalue weighted by Gasteiger charge is -2.47. The van der Waals surface area contributed by atoms with Crippen LogP contribution in [-0.4, -0.2) is 69.9 Å². The van der Waals surface area contributed by atoms with Gasteiger partial charge in [0.2, 0.25) is 11.8 Å². The molecule has 6 heteroatoms. The molecule has 0 saturated carbocycles. The molecule has 34 heavy (non-hydrogen) atoms. The van der Waals surface area contributed by atoms with Crippen LogP contribution in [0, 0.1) is 0 Å². The van der Waals surface area contributed by atoms with Crippen molar-refractivity contribution in [2.24, 2.45) is 0 Å². The molecule has 2 aliphatic rings. The number of amides is 2. The molecule has 0 spiro atoms. The standard InChI is InChI=1S/C28H54N4O2/c1-25(2)21-31(23(33)27(5,6)29-25)19-17-15-13-11-9-10-12-14-16-18-20-32-22-26(3,4)30-28(7,8)24(32)34/h29-30H,9-22H2,1-8H3. The topological polar surface area (TPSA) is 64.7 Å². The minimum atomic E-state index is -0.463. The van der Waals surface area contributed by atoms with Crippen molar-refractivity contribution in [3.63, 3.8) is 0 Å². The zero-order valence-corrected chi connectivity index (χ0v) is 23.6. The minimum absolute atomic E-state index is 0.0227. The second-order valence-corrected chi connectivity index (χ2v) is 13.3. The Kier molecular flexibility index (Phi) is 10.0. The molecule has 0 aromatic heterocycles.